The number of rotatable bonds is 0. The molecule has 4 heteroatoms. The molecular weight excluding hydrogens is 228 g/mol. The van der Waals surface area contributed by atoms with Gasteiger partial charge in [-0.1, -0.05) is 0 Å². The summed E-state index contributed by atoms with van der Waals surface area (Å²) < 4.78 is 6.47. The van der Waals surface area contributed by atoms with Gasteiger partial charge < -0.3 is 0 Å². The Bertz CT molecular complexity index is 8.00. The van der Waals surface area contributed by atoms with Gasteiger partial charge in [0.2, 0.25) is 0 Å². The van der Waals surface area contributed by atoms with Crippen molar-refractivity contribution < 1.29 is 4.66 Å². The Labute approximate surface area is 113 Å². The fraction of sp³-hybridized carbons (Fsp3) is 0. The third-order valence-corrected chi connectivity index (χ3v) is 0. The van der Waals surface area contributed by atoms with Gasteiger partial charge >= 0.3 is 100 Å². The summed E-state index contributed by atoms with van der Waals surface area (Å²) in [6.45, 7) is 0. The SMILES string of the molecule is OCl.[BaH2].[KH]. The number of halogens is 1. The first-order chi connectivity index (χ1) is 1.00. The van der Waals surface area contributed by atoms with Crippen LogP contribution in [0.3, 0.4) is 0 Å². The molecule has 0 rings (SSSR count). The Morgan fingerprint density at radius 1 is 1.25 bits per heavy atom. The van der Waals surface area contributed by atoms with E-state index < -0.39 is 0 Å². The summed E-state index contributed by atoms with van der Waals surface area (Å²) in [5.74, 6) is 0. The van der Waals surface area contributed by atoms with Crippen molar-refractivity contribution in [2.45, 2.75) is 0 Å². The van der Waals surface area contributed by atoms with E-state index in [1.165, 1.54) is 0 Å². The van der Waals surface area contributed by atoms with Gasteiger partial charge in [0.15, 0.2) is 0 Å². The predicted octanol–water partition coefficient (Wildman–Crippen LogP) is -1.43. The first kappa shape index (κ1) is 15.7. The van der Waals surface area contributed by atoms with Crippen LogP contribution in [0.5, 0.6) is 0 Å². The third-order valence-electron chi connectivity index (χ3n) is 0. The predicted molar refractivity (Wildman–Crippen MR) is 23.8 cm³/mol. The summed E-state index contributed by atoms with van der Waals surface area (Å²) in [4.78, 5) is 0. The molecule has 1 nitrogen and oxygen atoms in total. The van der Waals surface area contributed by atoms with E-state index in [0.717, 1.165) is 0 Å². The molecule has 0 aliphatic heterocycles. The second-order valence-corrected chi connectivity index (χ2v) is 0. The van der Waals surface area contributed by atoms with Crippen molar-refractivity contribution in [2.24, 2.45) is 0 Å². The molecule has 0 aliphatic rings. The molecular formula is H4BaClKO. The summed E-state index contributed by atoms with van der Waals surface area (Å²) in [5, 5.41) is 0. The fourth-order valence-electron chi connectivity index (χ4n) is 0. The van der Waals surface area contributed by atoms with Crippen molar-refractivity contribution in [3.63, 3.8) is 0 Å². The van der Waals surface area contributed by atoms with E-state index in [-0.39, 0.29) is 100 Å². The van der Waals surface area contributed by atoms with Gasteiger partial charge in [0.25, 0.3) is 0 Å². The van der Waals surface area contributed by atoms with Gasteiger partial charge in [-0.3, -0.25) is 4.66 Å². The number of hydrogen-bond donors (Lipinski definition) is 1. The molecule has 0 aromatic rings. The van der Waals surface area contributed by atoms with E-state index in [9.17, 15) is 0 Å². The van der Waals surface area contributed by atoms with E-state index in [1.807, 2.05) is 0 Å². The van der Waals surface area contributed by atoms with Gasteiger partial charge in [0.1, 0.15) is 0 Å². The molecule has 0 fully saturated rings. The van der Waals surface area contributed by atoms with Crippen molar-refractivity contribution in [3.05, 3.63) is 0 Å². The van der Waals surface area contributed by atoms with Crippen molar-refractivity contribution in [1.29, 1.82) is 0 Å². The van der Waals surface area contributed by atoms with E-state index in [0.29, 0.717) is 0 Å². The van der Waals surface area contributed by atoms with Crippen molar-refractivity contribution in [2.75, 3.05) is 0 Å². The Morgan fingerprint density at radius 2 is 1.25 bits per heavy atom. The second kappa shape index (κ2) is 16.1. The van der Waals surface area contributed by atoms with Crippen LogP contribution in [-0.2, 0) is 0 Å². The van der Waals surface area contributed by atoms with Crippen LogP contribution in [-0.4, -0.2) is 105 Å². The quantitative estimate of drug-likeness (QED) is 0.507. The van der Waals surface area contributed by atoms with Gasteiger partial charge in [0, 0.05) is 0 Å². The van der Waals surface area contributed by atoms with Crippen LogP contribution >= 0.6 is 11.9 Å². The molecule has 0 aliphatic carbocycles. The zero-order valence-electron chi connectivity index (χ0n) is 0.825. The van der Waals surface area contributed by atoms with Gasteiger partial charge in [-0.15, -0.1) is 0 Å². The molecule has 0 spiro atoms. The molecule has 0 amide bonds. The Hall–Kier alpha value is 3.46. The second-order valence-electron chi connectivity index (χ2n) is 0. The first-order valence-corrected chi connectivity index (χ1v) is 0.507. The molecule has 0 saturated carbocycles. The summed E-state index contributed by atoms with van der Waals surface area (Å²) in [5.41, 5.74) is 0. The Kier molecular flexibility index (Phi) is 63.0. The van der Waals surface area contributed by atoms with E-state index in [1.54, 1.807) is 0 Å². The van der Waals surface area contributed by atoms with Crippen LogP contribution in [0.1, 0.15) is 0 Å². The molecule has 4 heavy (non-hydrogen) atoms. The maximum absolute atomic E-state index is 6.47. The van der Waals surface area contributed by atoms with Crippen molar-refractivity contribution in [3.8, 4) is 0 Å². The standard InChI is InChI=1S/Ba.ClHO.K.3H/c;1-2;;;;/h;2H;;;;. The molecule has 0 heterocycles. The molecule has 0 aromatic carbocycles. The fourth-order valence-corrected chi connectivity index (χ4v) is 0. The van der Waals surface area contributed by atoms with E-state index in [4.69, 9.17) is 4.66 Å². The zero-order valence-corrected chi connectivity index (χ0v) is 1.58. The van der Waals surface area contributed by atoms with Gasteiger partial charge in [-0.05, 0) is 0 Å². The minimum absolute atomic E-state index is 0. The van der Waals surface area contributed by atoms with Crippen LogP contribution in [0, 0.1) is 0 Å². The molecule has 0 atom stereocenters. The van der Waals surface area contributed by atoms with Crippen LogP contribution in [0.4, 0.5) is 0 Å². The zero-order chi connectivity index (χ0) is 2.00. The normalized spacial score (nSPS) is 1.50. The molecule has 0 unspecified atom stereocenters. The molecule has 0 bridgehead atoms. The molecule has 0 saturated heterocycles. The van der Waals surface area contributed by atoms with E-state index in [2.05, 4.69) is 11.9 Å². The van der Waals surface area contributed by atoms with Crippen LogP contribution in [0.25, 0.3) is 0 Å². The topological polar surface area (TPSA) is 20.2 Å². The van der Waals surface area contributed by atoms with Gasteiger partial charge in [0.05, 0.1) is 11.9 Å². The first-order valence-electron chi connectivity index (χ1n) is 0.169. The van der Waals surface area contributed by atoms with E-state index >= 15 is 0 Å². The Balaban J connectivity index is -0.00000000500. The molecule has 20 valence electrons. The summed E-state index contributed by atoms with van der Waals surface area (Å²) in [6, 6.07) is 0. The molecule has 0 radical (unpaired) electrons. The summed E-state index contributed by atoms with van der Waals surface area (Å²) >= 11 is 3.64. The molecule has 0 aromatic heterocycles. The van der Waals surface area contributed by atoms with Crippen LogP contribution in [0.15, 0.2) is 0 Å². The Morgan fingerprint density at radius 3 is 1.25 bits per heavy atom. The van der Waals surface area contributed by atoms with Gasteiger partial charge in [-0.2, -0.15) is 0 Å². The summed E-state index contributed by atoms with van der Waals surface area (Å²) in [6.07, 6.45) is 0. The minimum atomic E-state index is 0. The van der Waals surface area contributed by atoms with Crippen molar-refractivity contribution >= 4 is 112 Å². The average Bonchev–Trinajstić information content (AvgIpc) is 1.00. The monoisotopic (exact) mass is 232 g/mol. The average molecular weight is 232 g/mol. The number of hydrogen-bond acceptors (Lipinski definition) is 1. The van der Waals surface area contributed by atoms with Crippen molar-refractivity contribution in [1.82, 2.24) is 0 Å². The van der Waals surface area contributed by atoms with Crippen LogP contribution in [0.2, 0.25) is 0 Å². The van der Waals surface area contributed by atoms with Crippen LogP contribution < -0.4 is 0 Å². The maximum atomic E-state index is 6.47. The summed E-state index contributed by atoms with van der Waals surface area (Å²) in [7, 11) is 0. The molecule has 1 N–H and O–H groups in total. The third kappa shape index (κ3) is 9.07. The van der Waals surface area contributed by atoms with Gasteiger partial charge in [-0.25, -0.2) is 0 Å².